The largest absolute Gasteiger partial charge is 0.494 e. The average Bonchev–Trinajstić information content (AvgIpc) is 3.56. The Hall–Kier alpha value is -3.99. The fourth-order valence-electron chi connectivity index (χ4n) is 4.91. The molecule has 8 nitrogen and oxygen atoms in total. The van der Waals surface area contributed by atoms with Gasteiger partial charge in [0.15, 0.2) is 16.4 Å². The first-order valence-corrected chi connectivity index (χ1v) is 13.1. The molecule has 0 saturated carbocycles. The molecule has 1 aliphatic rings. The molecule has 11 heteroatoms. The van der Waals surface area contributed by atoms with Crippen LogP contribution in [0.25, 0.3) is 10.8 Å². The number of aryl methyl sites for hydroxylation is 1. The van der Waals surface area contributed by atoms with E-state index < -0.39 is 46.5 Å². The summed E-state index contributed by atoms with van der Waals surface area (Å²) in [6.07, 6.45) is 1.85. The minimum atomic E-state index is -0.871. The second-order valence-corrected chi connectivity index (χ2v) is 10.1. The molecule has 1 fully saturated rings. The van der Waals surface area contributed by atoms with Crippen molar-refractivity contribution in [3.05, 3.63) is 92.5 Å². The maximum atomic E-state index is 14.3. The molecule has 196 valence electrons. The molecule has 1 amide bonds. The van der Waals surface area contributed by atoms with Gasteiger partial charge in [0.1, 0.15) is 11.6 Å². The third-order valence-corrected chi connectivity index (χ3v) is 7.66. The van der Waals surface area contributed by atoms with Crippen molar-refractivity contribution in [3.8, 4) is 16.7 Å². The number of carbonyl (C=O) groups is 1. The van der Waals surface area contributed by atoms with E-state index in [1.54, 1.807) is 0 Å². The zero-order valence-electron chi connectivity index (χ0n) is 20.8. The van der Waals surface area contributed by atoms with Crippen molar-refractivity contribution in [1.82, 2.24) is 24.4 Å². The Labute approximate surface area is 221 Å². The van der Waals surface area contributed by atoms with Gasteiger partial charge in [-0.15, -0.1) is 11.3 Å². The van der Waals surface area contributed by atoms with Crippen molar-refractivity contribution < 1.29 is 18.7 Å². The van der Waals surface area contributed by atoms with Gasteiger partial charge in [-0.2, -0.15) is 4.98 Å². The van der Waals surface area contributed by atoms with Crippen molar-refractivity contribution in [2.45, 2.75) is 38.6 Å². The number of rotatable bonds is 6. The minimum Gasteiger partial charge on any atom is -0.494 e. The molecule has 4 heterocycles. The van der Waals surface area contributed by atoms with E-state index in [2.05, 4.69) is 15.0 Å². The van der Waals surface area contributed by atoms with E-state index in [-0.39, 0.29) is 24.6 Å². The molecule has 38 heavy (non-hydrogen) atoms. The Kier molecular flexibility index (Phi) is 7.02. The maximum Gasteiger partial charge on any atom is 0.290 e. The summed E-state index contributed by atoms with van der Waals surface area (Å²) in [4.78, 5) is 40.7. The second-order valence-electron chi connectivity index (χ2n) is 9.20. The lowest BCUT2D eigenvalue weighted by molar-refractivity contribution is 0.0783. The van der Waals surface area contributed by atoms with E-state index >= 15 is 0 Å². The molecular formula is C27H25F2N5O3S. The lowest BCUT2D eigenvalue weighted by Gasteiger charge is -2.25. The average molecular weight is 538 g/mol. The fraction of sp³-hybridized carbons (Fsp3) is 0.296. The van der Waals surface area contributed by atoms with Crippen LogP contribution < -0.4 is 5.56 Å². The van der Waals surface area contributed by atoms with Crippen LogP contribution in [0.5, 0.6) is 5.88 Å². The molecule has 1 N–H and O–H groups in total. The molecule has 4 aromatic rings. The van der Waals surface area contributed by atoms with Crippen LogP contribution in [0.15, 0.2) is 52.8 Å². The van der Waals surface area contributed by atoms with Crippen LogP contribution in [0, 0.1) is 18.6 Å². The van der Waals surface area contributed by atoms with Crippen LogP contribution in [0.3, 0.4) is 0 Å². The summed E-state index contributed by atoms with van der Waals surface area (Å²) in [7, 11) is 0. The van der Waals surface area contributed by atoms with Crippen LogP contribution in [0.1, 0.15) is 59.0 Å². The highest BCUT2D eigenvalue weighted by atomic mass is 32.1. The Morgan fingerprint density at radius 2 is 2.00 bits per heavy atom. The van der Waals surface area contributed by atoms with Crippen molar-refractivity contribution in [1.29, 1.82) is 0 Å². The number of thiazole rings is 1. The Morgan fingerprint density at radius 3 is 2.66 bits per heavy atom. The molecular weight excluding hydrogens is 512 g/mol. The molecule has 0 aliphatic carbocycles. The summed E-state index contributed by atoms with van der Waals surface area (Å²) < 4.78 is 29.1. The first kappa shape index (κ1) is 25.7. The number of pyridine rings is 1. The summed E-state index contributed by atoms with van der Waals surface area (Å²) >= 11 is 1.29. The highest BCUT2D eigenvalue weighted by molar-refractivity contribution is 7.13. The topological polar surface area (TPSA) is 101 Å². The monoisotopic (exact) mass is 537 g/mol. The van der Waals surface area contributed by atoms with Crippen molar-refractivity contribution >= 4 is 17.2 Å². The van der Waals surface area contributed by atoms with E-state index in [0.29, 0.717) is 17.8 Å². The van der Waals surface area contributed by atoms with Gasteiger partial charge in [-0.05, 0) is 25.3 Å². The smallest absolute Gasteiger partial charge is 0.290 e. The van der Waals surface area contributed by atoms with Crippen LogP contribution in [0.2, 0.25) is 0 Å². The maximum absolute atomic E-state index is 14.3. The zero-order chi connectivity index (χ0) is 27.0. The van der Waals surface area contributed by atoms with Gasteiger partial charge in [-0.3, -0.25) is 19.1 Å². The molecule has 1 aliphatic heterocycles. The van der Waals surface area contributed by atoms with Crippen molar-refractivity contribution in [3.63, 3.8) is 0 Å². The number of hydrogen-bond acceptors (Lipinski definition) is 7. The second kappa shape index (κ2) is 10.4. The van der Waals surface area contributed by atoms with E-state index in [4.69, 9.17) is 0 Å². The van der Waals surface area contributed by atoms with E-state index in [1.807, 2.05) is 49.6 Å². The van der Waals surface area contributed by atoms with Crippen LogP contribution >= 0.6 is 11.3 Å². The van der Waals surface area contributed by atoms with Gasteiger partial charge in [0, 0.05) is 36.1 Å². The van der Waals surface area contributed by atoms with E-state index in [1.165, 1.54) is 20.8 Å². The highest BCUT2D eigenvalue weighted by Gasteiger charge is 2.35. The number of aromatic nitrogens is 4. The Balaban J connectivity index is 1.57. The number of benzene rings is 1. The van der Waals surface area contributed by atoms with Crippen molar-refractivity contribution in [2.75, 3.05) is 13.1 Å². The molecule has 5 rings (SSSR count). The molecule has 2 atom stereocenters. The first-order chi connectivity index (χ1) is 18.3. The number of hydrogen-bond donors (Lipinski definition) is 1. The van der Waals surface area contributed by atoms with Crippen LogP contribution in [-0.2, 0) is 0 Å². The van der Waals surface area contributed by atoms with Crippen LogP contribution in [-0.4, -0.2) is 48.5 Å². The van der Waals surface area contributed by atoms with Gasteiger partial charge in [-0.1, -0.05) is 37.3 Å². The summed E-state index contributed by atoms with van der Waals surface area (Å²) in [6.45, 7) is 4.03. The van der Waals surface area contributed by atoms with Gasteiger partial charge >= 0.3 is 0 Å². The van der Waals surface area contributed by atoms with Gasteiger partial charge < -0.3 is 10.0 Å². The Morgan fingerprint density at radius 1 is 1.24 bits per heavy atom. The lowest BCUT2D eigenvalue weighted by atomic mass is 10.0. The molecule has 0 spiro atoms. The summed E-state index contributed by atoms with van der Waals surface area (Å²) in [6, 6.07) is 9.75. The third-order valence-electron chi connectivity index (χ3n) is 6.71. The number of halogens is 2. The molecule has 1 unspecified atom stereocenters. The molecule has 1 aromatic carbocycles. The third kappa shape index (κ3) is 4.69. The van der Waals surface area contributed by atoms with Crippen molar-refractivity contribution in [2.24, 2.45) is 0 Å². The zero-order valence-corrected chi connectivity index (χ0v) is 21.6. The number of aromatic hydroxyl groups is 1. The van der Waals surface area contributed by atoms with Gasteiger partial charge in [-0.25, -0.2) is 13.8 Å². The highest BCUT2D eigenvalue weighted by Crippen LogP contribution is 2.35. The number of amides is 1. The lowest BCUT2D eigenvalue weighted by Crippen LogP contribution is -2.35. The van der Waals surface area contributed by atoms with Crippen LogP contribution in [0.4, 0.5) is 8.78 Å². The van der Waals surface area contributed by atoms with E-state index in [0.717, 1.165) is 23.5 Å². The predicted octanol–water partition coefficient (Wildman–Crippen LogP) is 4.68. The molecule has 3 aromatic heterocycles. The molecule has 0 bridgehead atoms. The summed E-state index contributed by atoms with van der Waals surface area (Å²) in [5, 5.41) is 13.8. The number of likely N-dealkylation sites (tertiary alicyclic amines) is 1. The molecule has 0 radical (unpaired) electrons. The number of nitrogens with zero attached hydrogens (tertiary/aromatic N) is 5. The van der Waals surface area contributed by atoms with E-state index in [9.17, 15) is 23.5 Å². The van der Waals surface area contributed by atoms with Gasteiger partial charge in [0.05, 0.1) is 17.9 Å². The fourth-order valence-corrected chi connectivity index (χ4v) is 5.69. The summed E-state index contributed by atoms with van der Waals surface area (Å²) in [5.41, 5.74) is 0.338. The standard InChI is InChI=1S/C27H25F2N5O3S/c1-3-20(16-7-5-4-6-8-16)34-23(25-31-15(2)14-38-25)32-24(35)21(27(34)37)26(36)33-10-9-17(13-33)22-19(29)11-18(28)12-30-22/h4-8,11-12,14,17,20,37H,3,9-10,13H2,1-2H3/t17?,20-/m0/s1. The number of carbonyl (C=O) groups excluding carboxylic acids is 1. The summed E-state index contributed by atoms with van der Waals surface area (Å²) in [5.74, 6) is -3.07. The quantitative estimate of drug-likeness (QED) is 0.383. The predicted molar refractivity (Wildman–Crippen MR) is 138 cm³/mol. The minimum absolute atomic E-state index is 0.0612. The van der Waals surface area contributed by atoms with Gasteiger partial charge in [0.25, 0.3) is 11.5 Å². The SMILES string of the molecule is CC[C@@H](c1ccccc1)n1c(-c2nc(C)cs2)nc(=O)c(C(=O)N2CCC(c3ncc(F)cc3F)C2)c1O. The first-order valence-electron chi connectivity index (χ1n) is 12.2. The molecule has 1 saturated heterocycles. The van der Waals surface area contributed by atoms with Gasteiger partial charge in [0.2, 0.25) is 5.88 Å². The Bertz CT molecular complexity index is 1560. The normalized spacial score (nSPS) is 16.1.